The molecule has 0 aromatic heterocycles. The molecule has 1 aliphatic rings. The van der Waals surface area contributed by atoms with Gasteiger partial charge in [0.15, 0.2) is 0 Å². The van der Waals surface area contributed by atoms with Gasteiger partial charge in [-0.05, 0) is 71.0 Å². The van der Waals surface area contributed by atoms with E-state index in [0.29, 0.717) is 30.2 Å². The molecule has 1 saturated heterocycles. The largest absolute Gasteiger partial charge is 0.507 e. The molecule has 146 valence electrons. The molecule has 1 atom stereocenters. The first-order valence-electron chi connectivity index (χ1n) is 8.72. The number of benzene rings is 2. The van der Waals surface area contributed by atoms with E-state index in [1.54, 1.807) is 31.4 Å². The molecule has 3 rings (SSSR count). The molecule has 5 nitrogen and oxygen atoms in total. The minimum Gasteiger partial charge on any atom is -0.507 e. The number of likely N-dealkylation sites (tertiary alicyclic amines) is 1. The predicted octanol–water partition coefficient (Wildman–Crippen LogP) is 4.40. The molecule has 0 aliphatic carbocycles. The monoisotopic (exact) mass is 511 g/mol. The molecular weight excluding hydrogens is 493 g/mol. The summed E-state index contributed by atoms with van der Waals surface area (Å²) in [5, 5.41) is 11.4. The first kappa shape index (κ1) is 20.8. The number of nitrogens with zero attached hydrogens (tertiary/aromatic N) is 1. The minimum absolute atomic E-state index is 0.0888. The Balaban J connectivity index is 2.10. The van der Waals surface area contributed by atoms with Crippen LogP contribution in [-0.2, 0) is 14.3 Å². The molecule has 0 radical (unpaired) electrons. The maximum atomic E-state index is 12.8. The third kappa shape index (κ3) is 4.24. The Hall–Kier alpha value is -1.90. The van der Waals surface area contributed by atoms with Gasteiger partial charge in [-0.15, -0.1) is 0 Å². The Morgan fingerprint density at radius 1 is 1.14 bits per heavy atom. The van der Waals surface area contributed by atoms with E-state index in [9.17, 15) is 14.7 Å². The lowest BCUT2D eigenvalue weighted by atomic mass is 9.95. The number of aliphatic hydroxyl groups excluding tert-OH is 1. The van der Waals surface area contributed by atoms with Crippen molar-refractivity contribution in [3.05, 3.63) is 73.8 Å². The fraction of sp³-hybridized carbons (Fsp3) is 0.238. The highest BCUT2D eigenvalue weighted by molar-refractivity contribution is 14.1. The van der Waals surface area contributed by atoms with Crippen LogP contribution in [0.5, 0.6) is 0 Å². The average molecular weight is 512 g/mol. The lowest BCUT2D eigenvalue weighted by Gasteiger charge is -2.25. The SMILES string of the molecule is COCCCN1C(=O)C(=O)/C(=C(/O)c2ccc(Cl)cc2)C1c1ccc(I)cc1. The van der Waals surface area contributed by atoms with Gasteiger partial charge in [-0.25, -0.2) is 0 Å². The molecule has 2 aromatic rings. The molecular formula is C21H19ClINO4. The number of halogens is 2. The number of amides is 1. The van der Waals surface area contributed by atoms with Gasteiger partial charge < -0.3 is 14.7 Å². The maximum absolute atomic E-state index is 12.8. The normalized spacial score (nSPS) is 18.7. The lowest BCUT2D eigenvalue weighted by molar-refractivity contribution is -0.140. The number of carbonyl (C=O) groups is 2. The molecule has 1 amide bonds. The van der Waals surface area contributed by atoms with Crippen molar-refractivity contribution in [2.24, 2.45) is 0 Å². The number of ketones is 1. The third-order valence-electron chi connectivity index (χ3n) is 4.59. The summed E-state index contributed by atoms with van der Waals surface area (Å²) in [7, 11) is 1.59. The molecule has 0 saturated carbocycles. The topological polar surface area (TPSA) is 66.8 Å². The number of hydrogen-bond donors (Lipinski definition) is 1. The van der Waals surface area contributed by atoms with Crippen LogP contribution in [0.1, 0.15) is 23.6 Å². The highest BCUT2D eigenvalue weighted by atomic mass is 127. The highest BCUT2D eigenvalue weighted by Crippen LogP contribution is 2.39. The zero-order chi connectivity index (χ0) is 20.3. The number of methoxy groups -OCH3 is 1. The Kier molecular flexibility index (Phi) is 6.74. The number of Topliss-reactive ketones (excluding diaryl/α,β-unsaturated/α-hetero) is 1. The van der Waals surface area contributed by atoms with Crippen LogP contribution in [0.2, 0.25) is 5.02 Å². The van der Waals surface area contributed by atoms with E-state index in [-0.39, 0.29) is 11.3 Å². The highest BCUT2D eigenvalue weighted by Gasteiger charge is 2.45. The van der Waals surface area contributed by atoms with E-state index in [0.717, 1.165) is 9.13 Å². The van der Waals surface area contributed by atoms with Gasteiger partial charge in [-0.2, -0.15) is 0 Å². The minimum atomic E-state index is -0.687. The standard InChI is InChI=1S/C21H19ClINO4/c1-28-12-2-11-24-18(13-5-9-16(23)10-6-13)17(20(26)21(24)27)19(25)14-3-7-15(22)8-4-14/h3-10,18,25H,2,11-12H2,1H3/b19-17+. The molecule has 28 heavy (non-hydrogen) atoms. The number of aliphatic hydroxyl groups is 1. The van der Waals surface area contributed by atoms with Crippen LogP contribution in [0.15, 0.2) is 54.1 Å². The summed E-state index contributed by atoms with van der Waals surface area (Å²) >= 11 is 8.12. The van der Waals surface area contributed by atoms with Crippen molar-refractivity contribution in [2.45, 2.75) is 12.5 Å². The maximum Gasteiger partial charge on any atom is 0.295 e. The van der Waals surface area contributed by atoms with Gasteiger partial charge in [0.1, 0.15) is 5.76 Å². The van der Waals surface area contributed by atoms with E-state index in [1.165, 1.54) is 4.90 Å². The van der Waals surface area contributed by atoms with Crippen molar-refractivity contribution in [3.8, 4) is 0 Å². The molecule has 1 fully saturated rings. The summed E-state index contributed by atoms with van der Waals surface area (Å²) in [6.45, 7) is 0.825. The molecule has 0 spiro atoms. The van der Waals surface area contributed by atoms with Gasteiger partial charge in [0.05, 0.1) is 11.6 Å². The van der Waals surface area contributed by atoms with Crippen LogP contribution in [-0.4, -0.2) is 42.0 Å². The van der Waals surface area contributed by atoms with Gasteiger partial charge >= 0.3 is 0 Å². The molecule has 7 heteroatoms. The van der Waals surface area contributed by atoms with Crippen molar-refractivity contribution < 1.29 is 19.4 Å². The number of ether oxygens (including phenoxy) is 1. The van der Waals surface area contributed by atoms with E-state index >= 15 is 0 Å². The Morgan fingerprint density at radius 3 is 2.39 bits per heavy atom. The lowest BCUT2D eigenvalue weighted by Crippen LogP contribution is -2.31. The van der Waals surface area contributed by atoms with E-state index in [1.807, 2.05) is 24.3 Å². The zero-order valence-corrected chi connectivity index (χ0v) is 18.1. The second kappa shape index (κ2) is 9.07. The second-order valence-corrected chi connectivity index (χ2v) is 8.08. The van der Waals surface area contributed by atoms with Gasteiger partial charge in [-0.3, -0.25) is 9.59 Å². The summed E-state index contributed by atoms with van der Waals surface area (Å²) in [6.07, 6.45) is 0.589. The van der Waals surface area contributed by atoms with Crippen LogP contribution in [0.3, 0.4) is 0 Å². The van der Waals surface area contributed by atoms with Crippen LogP contribution in [0, 0.1) is 3.57 Å². The quantitative estimate of drug-likeness (QED) is 0.205. The van der Waals surface area contributed by atoms with Gasteiger partial charge in [0.25, 0.3) is 11.7 Å². The van der Waals surface area contributed by atoms with E-state index < -0.39 is 17.7 Å². The van der Waals surface area contributed by atoms with Crippen LogP contribution >= 0.6 is 34.2 Å². The molecule has 1 heterocycles. The first-order chi connectivity index (χ1) is 13.4. The fourth-order valence-electron chi connectivity index (χ4n) is 3.24. The number of rotatable bonds is 6. The summed E-state index contributed by atoms with van der Waals surface area (Å²) in [6, 6.07) is 13.4. The van der Waals surface area contributed by atoms with Gasteiger partial charge in [-0.1, -0.05) is 23.7 Å². The van der Waals surface area contributed by atoms with Crippen LogP contribution in [0.25, 0.3) is 5.76 Å². The van der Waals surface area contributed by atoms with E-state index in [4.69, 9.17) is 16.3 Å². The summed E-state index contributed by atoms with van der Waals surface area (Å²) in [5.74, 6) is -1.50. The van der Waals surface area contributed by atoms with Crippen LogP contribution in [0.4, 0.5) is 0 Å². The van der Waals surface area contributed by atoms with Crippen molar-refractivity contribution in [1.82, 2.24) is 4.90 Å². The summed E-state index contributed by atoms with van der Waals surface area (Å²) in [4.78, 5) is 27.0. The Morgan fingerprint density at radius 2 is 1.79 bits per heavy atom. The summed E-state index contributed by atoms with van der Waals surface area (Å²) in [5.41, 5.74) is 1.30. The molecule has 1 N–H and O–H groups in total. The second-order valence-electron chi connectivity index (χ2n) is 6.40. The third-order valence-corrected chi connectivity index (χ3v) is 5.56. The smallest absolute Gasteiger partial charge is 0.295 e. The van der Waals surface area contributed by atoms with Gasteiger partial charge in [0, 0.05) is 34.4 Å². The number of hydrogen-bond acceptors (Lipinski definition) is 4. The first-order valence-corrected chi connectivity index (χ1v) is 10.2. The van der Waals surface area contributed by atoms with Crippen LogP contribution < -0.4 is 0 Å². The molecule has 1 unspecified atom stereocenters. The van der Waals surface area contributed by atoms with Crippen molar-refractivity contribution >= 4 is 51.6 Å². The summed E-state index contributed by atoms with van der Waals surface area (Å²) < 4.78 is 6.11. The predicted molar refractivity (Wildman–Crippen MR) is 116 cm³/mol. The molecule has 1 aliphatic heterocycles. The van der Waals surface area contributed by atoms with E-state index in [2.05, 4.69) is 22.6 Å². The van der Waals surface area contributed by atoms with Crippen molar-refractivity contribution in [3.63, 3.8) is 0 Å². The van der Waals surface area contributed by atoms with Gasteiger partial charge in [0.2, 0.25) is 0 Å². The Bertz CT molecular complexity index is 909. The Labute approximate surface area is 182 Å². The number of carbonyl (C=O) groups excluding carboxylic acids is 2. The van der Waals surface area contributed by atoms with Crippen molar-refractivity contribution in [2.75, 3.05) is 20.3 Å². The molecule has 2 aromatic carbocycles. The molecule has 0 bridgehead atoms. The fourth-order valence-corrected chi connectivity index (χ4v) is 3.73. The average Bonchev–Trinajstić information content (AvgIpc) is 2.94. The zero-order valence-electron chi connectivity index (χ0n) is 15.2. The van der Waals surface area contributed by atoms with Crippen molar-refractivity contribution in [1.29, 1.82) is 0 Å².